The maximum absolute atomic E-state index is 4.44. The van der Waals surface area contributed by atoms with Gasteiger partial charge >= 0.3 is 0 Å². The summed E-state index contributed by atoms with van der Waals surface area (Å²) in [5.74, 6) is 4.66. The van der Waals surface area contributed by atoms with Crippen LogP contribution in [0.3, 0.4) is 0 Å². The lowest BCUT2D eigenvalue weighted by molar-refractivity contribution is 0.347. The number of hydrogen-bond donors (Lipinski definition) is 1. The van der Waals surface area contributed by atoms with Crippen molar-refractivity contribution in [2.45, 2.75) is 46.1 Å². The maximum Gasteiger partial charge on any atom is 0.202 e. The lowest BCUT2D eigenvalue weighted by Crippen LogP contribution is -2.22. The monoisotopic (exact) mass is 247 g/mol. The van der Waals surface area contributed by atoms with Crippen LogP contribution in [0.2, 0.25) is 0 Å². The number of rotatable bonds is 5. The molecule has 0 saturated heterocycles. The smallest absolute Gasteiger partial charge is 0.202 e. The van der Waals surface area contributed by atoms with E-state index in [2.05, 4.69) is 34.9 Å². The second-order valence-electron chi connectivity index (χ2n) is 6.61. The molecule has 0 amide bonds. The van der Waals surface area contributed by atoms with E-state index in [9.17, 15) is 0 Å². The molecule has 2 fully saturated rings. The number of aromatic nitrogens is 2. The first-order valence-corrected chi connectivity index (χ1v) is 7.47. The summed E-state index contributed by atoms with van der Waals surface area (Å²) in [5.41, 5.74) is 0. The molecule has 1 aromatic rings. The van der Waals surface area contributed by atoms with E-state index in [0.29, 0.717) is 5.92 Å². The van der Waals surface area contributed by atoms with Gasteiger partial charge in [0.15, 0.2) is 0 Å². The van der Waals surface area contributed by atoms with Crippen LogP contribution < -0.4 is 5.32 Å². The van der Waals surface area contributed by atoms with Gasteiger partial charge in [-0.05, 0) is 42.9 Å². The number of nitrogens with one attached hydrogen (secondary N) is 1. The Morgan fingerprint density at radius 1 is 1.39 bits per heavy atom. The first-order chi connectivity index (χ1) is 8.72. The molecule has 0 aliphatic heterocycles. The van der Waals surface area contributed by atoms with Crippen molar-refractivity contribution >= 4 is 5.95 Å². The molecule has 0 radical (unpaired) electrons. The highest BCUT2D eigenvalue weighted by atomic mass is 15.2. The van der Waals surface area contributed by atoms with Crippen molar-refractivity contribution in [1.82, 2.24) is 9.55 Å². The van der Waals surface area contributed by atoms with Crippen molar-refractivity contribution in [2.24, 2.45) is 23.7 Å². The summed E-state index contributed by atoms with van der Waals surface area (Å²) >= 11 is 0. The fourth-order valence-electron chi connectivity index (χ4n) is 3.87. The Labute approximate surface area is 110 Å². The first kappa shape index (κ1) is 12.1. The van der Waals surface area contributed by atoms with Crippen LogP contribution >= 0.6 is 0 Å². The molecule has 3 atom stereocenters. The van der Waals surface area contributed by atoms with Gasteiger partial charge in [0, 0.05) is 25.5 Å². The van der Waals surface area contributed by atoms with Gasteiger partial charge in [0.25, 0.3) is 0 Å². The van der Waals surface area contributed by atoms with Crippen molar-refractivity contribution < 1.29 is 0 Å². The largest absolute Gasteiger partial charge is 0.355 e. The highest BCUT2D eigenvalue weighted by Gasteiger charge is 2.39. The topological polar surface area (TPSA) is 29.9 Å². The van der Waals surface area contributed by atoms with Crippen LogP contribution in [0.4, 0.5) is 5.95 Å². The molecule has 2 aliphatic carbocycles. The summed E-state index contributed by atoms with van der Waals surface area (Å²) in [6.45, 7) is 6.68. The summed E-state index contributed by atoms with van der Waals surface area (Å²) < 4.78 is 2.25. The first-order valence-electron chi connectivity index (χ1n) is 7.47. The van der Waals surface area contributed by atoms with Crippen molar-refractivity contribution in [1.29, 1.82) is 0 Å². The lowest BCUT2D eigenvalue weighted by atomic mass is 9.89. The minimum atomic E-state index is 0.669. The fourth-order valence-corrected chi connectivity index (χ4v) is 3.87. The molecule has 100 valence electrons. The summed E-state index contributed by atoms with van der Waals surface area (Å²) in [7, 11) is 0. The molecule has 1 heterocycles. The zero-order valence-electron chi connectivity index (χ0n) is 11.6. The summed E-state index contributed by atoms with van der Waals surface area (Å²) in [6.07, 6.45) is 9.89. The lowest BCUT2D eigenvalue weighted by Gasteiger charge is -2.22. The van der Waals surface area contributed by atoms with Gasteiger partial charge in [0.05, 0.1) is 0 Å². The van der Waals surface area contributed by atoms with Gasteiger partial charge in [-0.3, -0.25) is 0 Å². The molecule has 0 aromatic carbocycles. The number of anilines is 1. The van der Waals surface area contributed by atoms with E-state index >= 15 is 0 Å². The standard InChI is InChI=1S/C15H25N3/c1-11(2)10-18-6-5-16-15(18)17-9-14-8-12-3-4-13(14)7-12/h5-6,11-14H,3-4,7-10H2,1-2H3,(H,16,17). The van der Waals surface area contributed by atoms with Crippen LogP contribution in [0.1, 0.15) is 39.5 Å². The van der Waals surface area contributed by atoms with Gasteiger partial charge in [-0.25, -0.2) is 4.98 Å². The third kappa shape index (κ3) is 2.40. The second-order valence-corrected chi connectivity index (χ2v) is 6.61. The van der Waals surface area contributed by atoms with E-state index in [0.717, 1.165) is 36.8 Å². The minimum absolute atomic E-state index is 0.669. The number of nitrogens with zero attached hydrogens (tertiary/aromatic N) is 2. The van der Waals surface area contributed by atoms with Crippen LogP contribution in [0, 0.1) is 23.7 Å². The normalized spacial score (nSPS) is 30.3. The van der Waals surface area contributed by atoms with E-state index in [4.69, 9.17) is 0 Å². The molecular formula is C15H25N3. The summed E-state index contributed by atoms with van der Waals surface area (Å²) in [4.78, 5) is 4.44. The quantitative estimate of drug-likeness (QED) is 0.864. The molecular weight excluding hydrogens is 222 g/mol. The summed E-state index contributed by atoms with van der Waals surface area (Å²) in [6, 6.07) is 0. The molecule has 3 nitrogen and oxygen atoms in total. The fraction of sp³-hybridized carbons (Fsp3) is 0.800. The van der Waals surface area contributed by atoms with E-state index < -0.39 is 0 Å². The van der Waals surface area contributed by atoms with Crippen LogP contribution in [0.5, 0.6) is 0 Å². The van der Waals surface area contributed by atoms with Crippen LogP contribution in [0.25, 0.3) is 0 Å². The molecule has 1 N–H and O–H groups in total. The van der Waals surface area contributed by atoms with Gasteiger partial charge in [-0.2, -0.15) is 0 Å². The molecule has 1 aromatic heterocycles. The van der Waals surface area contributed by atoms with Crippen molar-refractivity contribution in [3.8, 4) is 0 Å². The van der Waals surface area contributed by atoms with Gasteiger partial charge in [0.2, 0.25) is 5.95 Å². The molecule has 3 rings (SSSR count). The molecule has 2 bridgehead atoms. The Kier molecular flexibility index (Phi) is 3.31. The predicted octanol–water partition coefficient (Wildman–Crippen LogP) is 3.39. The molecule has 3 unspecified atom stereocenters. The Morgan fingerprint density at radius 3 is 2.94 bits per heavy atom. The van der Waals surface area contributed by atoms with E-state index in [-0.39, 0.29) is 0 Å². The third-order valence-corrected chi connectivity index (χ3v) is 4.68. The van der Waals surface area contributed by atoms with Gasteiger partial charge < -0.3 is 9.88 Å². The summed E-state index contributed by atoms with van der Waals surface area (Å²) in [5, 5.41) is 3.58. The van der Waals surface area contributed by atoms with E-state index in [1.165, 1.54) is 25.7 Å². The maximum atomic E-state index is 4.44. The van der Waals surface area contributed by atoms with Crippen molar-refractivity contribution in [3.63, 3.8) is 0 Å². The molecule has 0 spiro atoms. The SMILES string of the molecule is CC(C)Cn1ccnc1NCC1CC2CCC1C2. The predicted molar refractivity (Wildman–Crippen MR) is 74.5 cm³/mol. The molecule has 3 heteroatoms. The minimum Gasteiger partial charge on any atom is -0.355 e. The third-order valence-electron chi connectivity index (χ3n) is 4.68. The van der Waals surface area contributed by atoms with Crippen LogP contribution in [-0.4, -0.2) is 16.1 Å². The number of fused-ring (bicyclic) bond motifs is 2. The second kappa shape index (κ2) is 4.94. The van der Waals surface area contributed by atoms with Crippen LogP contribution in [-0.2, 0) is 6.54 Å². The number of imidazole rings is 1. The Hall–Kier alpha value is -0.990. The van der Waals surface area contributed by atoms with Gasteiger partial charge in [0.1, 0.15) is 0 Å². The van der Waals surface area contributed by atoms with Gasteiger partial charge in [-0.15, -0.1) is 0 Å². The van der Waals surface area contributed by atoms with Crippen molar-refractivity contribution in [3.05, 3.63) is 12.4 Å². The van der Waals surface area contributed by atoms with E-state index in [1.54, 1.807) is 0 Å². The number of hydrogen-bond acceptors (Lipinski definition) is 2. The van der Waals surface area contributed by atoms with Gasteiger partial charge in [-0.1, -0.05) is 20.3 Å². The molecule has 2 aliphatic rings. The van der Waals surface area contributed by atoms with Crippen LogP contribution in [0.15, 0.2) is 12.4 Å². The Morgan fingerprint density at radius 2 is 2.28 bits per heavy atom. The Balaban J connectivity index is 1.55. The zero-order valence-corrected chi connectivity index (χ0v) is 11.6. The highest BCUT2D eigenvalue weighted by molar-refractivity contribution is 5.26. The van der Waals surface area contributed by atoms with E-state index in [1.807, 2.05) is 6.20 Å². The van der Waals surface area contributed by atoms with Crippen molar-refractivity contribution in [2.75, 3.05) is 11.9 Å². The zero-order chi connectivity index (χ0) is 12.5. The highest BCUT2D eigenvalue weighted by Crippen LogP contribution is 2.48. The average molecular weight is 247 g/mol. The Bertz CT molecular complexity index is 396. The molecule has 18 heavy (non-hydrogen) atoms. The average Bonchev–Trinajstić information content (AvgIpc) is 3.01. The molecule has 2 saturated carbocycles.